The van der Waals surface area contributed by atoms with Gasteiger partial charge in [0, 0.05) is 6.07 Å². The van der Waals surface area contributed by atoms with Gasteiger partial charge in [0.05, 0.1) is 0 Å². The maximum atomic E-state index is 12.8. The number of hydrogen-bond acceptors (Lipinski definition) is 4. The topological polar surface area (TPSA) is 71.9 Å². The zero-order valence-corrected chi connectivity index (χ0v) is 6.97. The van der Waals surface area contributed by atoms with Crippen molar-refractivity contribution < 1.29 is 22.3 Å². The number of nitriles is 1. The standard InChI is InChI=1S/C7H3F4N3O/c8-3-1-5(15-7(9,10)11)6(13)14-4(3)2-12/h1H,(H2,13,14). The van der Waals surface area contributed by atoms with Crippen molar-refractivity contribution in [3.8, 4) is 11.8 Å². The van der Waals surface area contributed by atoms with Crippen LogP contribution in [0.3, 0.4) is 0 Å². The van der Waals surface area contributed by atoms with Crippen LogP contribution in [0.25, 0.3) is 0 Å². The van der Waals surface area contributed by atoms with Gasteiger partial charge in [-0.15, -0.1) is 13.2 Å². The Balaban J connectivity index is 3.13. The normalized spacial score (nSPS) is 10.9. The van der Waals surface area contributed by atoms with Gasteiger partial charge in [-0.05, 0) is 0 Å². The van der Waals surface area contributed by atoms with E-state index in [4.69, 9.17) is 11.0 Å². The molecule has 0 spiro atoms. The lowest BCUT2D eigenvalue weighted by Gasteiger charge is -2.10. The third-order valence-electron chi connectivity index (χ3n) is 1.30. The molecule has 0 saturated carbocycles. The number of aromatic nitrogens is 1. The average Bonchev–Trinajstić information content (AvgIpc) is 2.08. The van der Waals surface area contributed by atoms with Crippen molar-refractivity contribution >= 4 is 5.82 Å². The van der Waals surface area contributed by atoms with Gasteiger partial charge in [-0.2, -0.15) is 5.26 Å². The Morgan fingerprint density at radius 3 is 2.53 bits per heavy atom. The summed E-state index contributed by atoms with van der Waals surface area (Å²) in [5.74, 6) is -2.91. The van der Waals surface area contributed by atoms with Crippen LogP contribution in [0.5, 0.6) is 5.75 Å². The number of ether oxygens (including phenoxy) is 1. The average molecular weight is 221 g/mol. The van der Waals surface area contributed by atoms with Crippen LogP contribution in [0, 0.1) is 17.1 Å². The zero-order valence-electron chi connectivity index (χ0n) is 6.97. The van der Waals surface area contributed by atoms with E-state index in [0.29, 0.717) is 6.07 Å². The van der Waals surface area contributed by atoms with E-state index in [1.165, 1.54) is 6.07 Å². The van der Waals surface area contributed by atoms with Crippen LogP contribution in [0.15, 0.2) is 6.07 Å². The Labute approximate surface area is 80.9 Å². The molecular weight excluding hydrogens is 218 g/mol. The number of nitrogens with two attached hydrogens (primary N) is 1. The Bertz CT molecular complexity index is 423. The summed E-state index contributed by atoms with van der Waals surface area (Å²) in [5.41, 5.74) is 4.33. The summed E-state index contributed by atoms with van der Waals surface area (Å²) in [4.78, 5) is 3.09. The maximum Gasteiger partial charge on any atom is 0.573 e. The van der Waals surface area contributed by atoms with E-state index in [0.717, 1.165) is 0 Å². The number of anilines is 1. The van der Waals surface area contributed by atoms with Crippen LogP contribution in [0.2, 0.25) is 0 Å². The Hall–Kier alpha value is -2.04. The molecular formula is C7H3F4N3O. The van der Waals surface area contributed by atoms with Crippen LogP contribution in [0.4, 0.5) is 23.4 Å². The second kappa shape index (κ2) is 3.61. The lowest BCUT2D eigenvalue weighted by molar-refractivity contribution is -0.274. The van der Waals surface area contributed by atoms with E-state index >= 15 is 0 Å². The summed E-state index contributed by atoms with van der Waals surface area (Å²) in [6, 6.07) is 1.68. The van der Waals surface area contributed by atoms with Gasteiger partial charge in [0.1, 0.15) is 6.07 Å². The summed E-state index contributed by atoms with van der Waals surface area (Å²) in [6.45, 7) is 0. The first-order valence-electron chi connectivity index (χ1n) is 3.45. The Morgan fingerprint density at radius 1 is 1.47 bits per heavy atom. The molecule has 1 rings (SSSR count). The highest BCUT2D eigenvalue weighted by atomic mass is 19.4. The number of nitrogen functional groups attached to an aromatic ring is 1. The van der Waals surface area contributed by atoms with E-state index < -0.39 is 29.4 Å². The third-order valence-corrected chi connectivity index (χ3v) is 1.30. The van der Waals surface area contributed by atoms with Gasteiger partial charge >= 0.3 is 6.36 Å². The number of rotatable bonds is 1. The van der Waals surface area contributed by atoms with Gasteiger partial charge in [0.25, 0.3) is 0 Å². The largest absolute Gasteiger partial charge is 0.573 e. The van der Waals surface area contributed by atoms with E-state index in [-0.39, 0.29) is 0 Å². The highest BCUT2D eigenvalue weighted by molar-refractivity contribution is 5.48. The minimum Gasteiger partial charge on any atom is -0.402 e. The summed E-state index contributed by atoms with van der Waals surface area (Å²) < 4.78 is 51.4. The van der Waals surface area contributed by atoms with E-state index in [1.54, 1.807) is 0 Å². The first-order chi connectivity index (χ1) is 6.83. The molecule has 0 fully saturated rings. The molecule has 1 heterocycles. The second-order valence-corrected chi connectivity index (χ2v) is 2.36. The molecule has 1 aromatic heterocycles. The first kappa shape index (κ1) is 11.0. The lowest BCUT2D eigenvalue weighted by Crippen LogP contribution is -2.18. The Kier molecular flexibility index (Phi) is 2.65. The molecule has 0 aliphatic rings. The van der Waals surface area contributed by atoms with Gasteiger partial charge in [0.15, 0.2) is 23.1 Å². The Morgan fingerprint density at radius 2 is 2.07 bits per heavy atom. The molecule has 4 nitrogen and oxygen atoms in total. The molecule has 0 saturated heterocycles. The van der Waals surface area contributed by atoms with Crippen molar-refractivity contribution in [3.05, 3.63) is 17.6 Å². The summed E-state index contributed by atoms with van der Waals surface area (Å²) >= 11 is 0. The summed E-state index contributed by atoms with van der Waals surface area (Å²) in [6.07, 6.45) is -4.99. The monoisotopic (exact) mass is 221 g/mol. The highest BCUT2D eigenvalue weighted by Crippen LogP contribution is 2.28. The number of halogens is 4. The van der Waals surface area contributed by atoms with Crippen LogP contribution in [0.1, 0.15) is 5.69 Å². The van der Waals surface area contributed by atoms with Gasteiger partial charge in [0.2, 0.25) is 0 Å². The van der Waals surface area contributed by atoms with Crippen molar-refractivity contribution in [2.45, 2.75) is 6.36 Å². The molecule has 0 aliphatic heterocycles. The second-order valence-electron chi connectivity index (χ2n) is 2.36. The molecule has 8 heteroatoms. The number of pyridine rings is 1. The van der Waals surface area contributed by atoms with Gasteiger partial charge < -0.3 is 10.5 Å². The van der Waals surface area contributed by atoms with Gasteiger partial charge in [-0.3, -0.25) is 0 Å². The van der Waals surface area contributed by atoms with Gasteiger partial charge in [-0.25, -0.2) is 9.37 Å². The maximum absolute atomic E-state index is 12.8. The minimum atomic E-state index is -4.99. The van der Waals surface area contributed by atoms with Crippen molar-refractivity contribution in [2.24, 2.45) is 0 Å². The van der Waals surface area contributed by atoms with Crippen molar-refractivity contribution in [2.75, 3.05) is 5.73 Å². The lowest BCUT2D eigenvalue weighted by atomic mass is 10.3. The number of alkyl halides is 3. The van der Waals surface area contributed by atoms with Crippen molar-refractivity contribution in [1.82, 2.24) is 4.98 Å². The molecule has 0 amide bonds. The molecule has 0 aromatic carbocycles. The molecule has 0 bridgehead atoms. The predicted molar refractivity (Wildman–Crippen MR) is 40.0 cm³/mol. The molecule has 2 N–H and O–H groups in total. The zero-order chi connectivity index (χ0) is 11.6. The fraction of sp³-hybridized carbons (Fsp3) is 0.143. The fourth-order valence-electron chi connectivity index (χ4n) is 0.771. The molecule has 0 unspecified atom stereocenters. The smallest absolute Gasteiger partial charge is 0.402 e. The number of hydrogen-bond donors (Lipinski definition) is 1. The summed E-state index contributed by atoms with van der Waals surface area (Å²) in [5, 5.41) is 8.30. The highest BCUT2D eigenvalue weighted by Gasteiger charge is 2.32. The van der Waals surface area contributed by atoms with Crippen LogP contribution in [-0.2, 0) is 0 Å². The fourth-order valence-corrected chi connectivity index (χ4v) is 0.771. The van der Waals surface area contributed by atoms with Crippen molar-refractivity contribution in [3.63, 3.8) is 0 Å². The van der Waals surface area contributed by atoms with Gasteiger partial charge in [-0.1, -0.05) is 0 Å². The number of nitrogens with zero attached hydrogens (tertiary/aromatic N) is 2. The first-order valence-corrected chi connectivity index (χ1v) is 3.45. The predicted octanol–water partition coefficient (Wildman–Crippen LogP) is 1.57. The quantitative estimate of drug-likeness (QED) is 0.730. The van der Waals surface area contributed by atoms with Crippen molar-refractivity contribution in [1.29, 1.82) is 5.26 Å². The van der Waals surface area contributed by atoms with Crippen LogP contribution in [-0.4, -0.2) is 11.3 Å². The molecule has 0 aliphatic carbocycles. The molecule has 80 valence electrons. The van der Waals surface area contributed by atoms with E-state index in [2.05, 4.69) is 9.72 Å². The van der Waals surface area contributed by atoms with E-state index in [1.807, 2.05) is 0 Å². The SMILES string of the molecule is N#Cc1nc(N)c(OC(F)(F)F)cc1F. The third kappa shape index (κ3) is 2.70. The summed E-state index contributed by atoms with van der Waals surface area (Å²) in [7, 11) is 0. The minimum absolute atomic E-state index is 0.356. The molecule has 0 radical (unpaired) electrons. The molecule has 1 aromatic rings. The molecule has 0 atom stereocenters. The molecule has 15 heavy (non-hydrogen) atoms. The van der Waals surface area contributed by atoms with Crippen LogP contribution < -0.4 is 10.5 Å². The van der Waals surface area contributed by atoms with Crippen LogP contribution >= 0.6 is 0 Å². The van der Waals surface area contributed by atoms with E-state index in [9.17, 15) is 17.6 Å².